The molecular formula is C17H25NO4. The smallest absolute Gasteiger partial charge is 0.311 e. The molecule has 0 aliphatic rings. The van der Waals surface area contributed by atoms with Gasteiger partial charge in [-0.25, -0.2) is 0 Å². The summed E-state index contributed by atoms with van der Waals surface area (Å²) < 4.78 is 10.4. The van der Waals surface area contributed by atoms with Gasteiger partial charge in [0.2, 0.25) is 0 Å². The zero-order valence-corrected chi connectivity index (χ0v) is 14.1. The zero-order valence-electron chi connectivity index (χ0n) is 14.1. The van der Waals surface area contributed by atoms with Crippen LogP contribution in [0.15, 0.2) is 18.2 Å². The van der Waals surface area contributed by atoms with E-state index in [2.05, 4.69) is 5.32 Å². The lowest BCUT2D eigenvalue weighted by Crippen LogP contribution is -2.46. The van der Waals surface area contributed by atoms with Crippen molar-refractivity contribution >= 4 is 11.9 Å². The van der Waals surface area contributed by atoms with E-state index in [1.165, 1.54) is 0 Å². The molecular weight excluding hydrogens is 282 g/mol. The SMILES string of the molecule is COc1cc(CC(=O)O[C@H](C)C(=O)NC(C)(C)C)ccc1C. The van der Waals surface area contributed by atoms with Gasteiger partial charge in [0.05, 0.1) is 13.5 Å². The Kier molecular flexibility index (Phi) is 5.97. The average Bonchev–Trinajstić information content (AvgIpc) is 2.38. The maximum atomic E-state index is 11.9. The van der Waals surface area contributed by atoms with E-state index in [-0.39, 0.29) is 17.9 Å². The van der Waals surface area contributed by atoms with E-state index in [0.29, 0.717) is 0 Å². The summed E-state index contributed by atoms with van der Waals surface area (Å²) in [4.78, 5) is 23.8. The lowest BCUT2D eigenvalue weighted by molar-refractivity contribution is -0.154. The number of ether oxygens (including phenoxy) is 2. The molecule has 22 heavy (non-hydrogen) atoms. The highest BCUT2D eigenvalue weighted by Crippen LogP contribution is 2.19. The molecule has 1 aromatic rings. The lowest BCUT2D eigenvalue weighted by Gasteiger charge is -2.23. The Morgan fingerprint density at radius 1 is 1.27 bits per heavy atom. The Hall–Kier alpha value is -2.04. The lowest BCUT2D eigenvalue weighted by atomic mass is 10.1. The number of carbonyl (C=O) groups is 2. The van der Waals surface area contributed by atoms with Gasteiger partial charge in [0, 0.05) is 5.54 Å². The fraction of sp³-hybridized carbons (Fsp3) is 0.529. The van der Waals surface area contributed by atoms with E-state index in [4.69, 9.17) is 9.47 Å². The molecule has 0 aliphatic heterocycles. The van der Waals surface area contributed by atoms with Crippen LogP contribution in [-0.4, -0.2) is 30.6 Å². The summed E-state index contributed by atoms with van der Waals surface area (Å²) in [6, 6.07) is 5.53. The van der Waals surface area contributed by atoms with Gasteiger partial charge in [-0.2, -0.15) is 0 Å². The minimum absolute atomic E-state index is 0.101. The van der Waals surface area contributed by atoms with Crippen molar-refractivity contribution in [1.82, 2.24) is 5.32 Å². The molecule has 0 unspecified atom stereocenters. The second kappa shape index (κ2) is 7.29. The van der Waals surface area contributed by atoms with Crippen molar-refractivity contribution < 1.29 is 19.1 Å². The van der Waals surface area contributed by atoms with Gasteiger partial charge in [-0.1, -0.05) is 12.1 Å². The van der Waals surface area contributed by atoms with Crippen molar-refractivity contribution in [3.63, 3.8) is 0 Å². The number of nitrogens with one attached hydrogen (secondary N) is 1. The molecule has 0 aliphatic carbocycles. The molecule has 0 heterocycles. The maximum absolute atomic E-state index is 11.9. The number of rotatable bonds is 5. The Bertz CT molecular complexity index is 546. The van der Waals surface area contributed by atoms with Crippen molar-refractivity contribution in [3.8, 4) is 5.75 Å². The topological polar surface area (TPSA) is 64.6 Å². The summed E-state index contributed by atoms with van der Waals surface area (Å²) in [5.74, 6) is -0.0198. The summed E-state index contributed by atoms with van der Waals surface area (Å²) in [6.07, 6.45) is -0.719. The fourth-order valence-corrected chi connectivity index (χ4v) is 1.90. The van der Waals surface area contributed by atoms with E-state index in [1.54, 1.807) is 20.1 Å². The maximum Gasteiger partial charge on any atom is 0.311 e. The van der Waals surface area contributed by atoms with Crippen LogP contribution < -0.4 is 10.1 Å². The number of benzene rings is 1. The van der Waals surface area contributed by atoms with Gasteiger partial charge < -0.3 is 14.8 Å². The van der Waals surface area contributed by atoms with E-state index >= 15 is 0 Å². The predicted molar refractivity (Wildman–Crippen MR) is 84.9 cm³/mol. The first kappa shape index (κ1) is 18.0. The molecule has 0 fully saturated rings. The van der Waals surface area contributed by atoms with Crippen molar-refractivity contribution in [2.75, 3.05) is 7.11 Å². The van der Waals surface area contributed by atoms with Crippen LogP contribution in [0.4, 0.5) is 0 Å². The highest BCUT2D eigenvalue weighted by molar-refractivity contribution is 5.84. The third kappa shape index (κ3) is 5.76. The summed E-state index contributed by atoms with van der Waals surface area (Å²) in [5.41, 5.74) is 1.43. The van der Waals surface area contributed by atoms with Gasteiger partial charge in [0.25, 0.3) is 5.91 Å². The number of hydrogen-bond acceptors (Lipinski definition) is 4. The first-order valence-electron chi connectivity index (χ1n) is 7.27. The van der Waals surface area contributed by atoms with Crippen LogP contribution in [-0.2, 0) is 20.7 Å². The molecule has 0 saturated heterocycles. The molecule has 1 atom stereocenters. The number of carbonyl (C=O) groups excluding carboxylic acids is 2. The Morgan fingerprint density at radius 2 is 1.91 bits per heavy atom. The highest BCUT2D eigenvalue weighted by atomic mass is 16.5. The molecule has 5 heteroatoms. The number of hydrogen-bond donors (Lipinski definition) is 1. The van der Waals surface area contributed by atoms with Crippen LogP contribution in [0.3, 0.4) is 0 Å². The van der Waals surface area contributed by atoms with Crippen molar-refractivity contribution in [2.24, 2.45) is 0 Å². The second-order valence-electron chi connectivity index (χ2n) is 6.35. The number of aryl methyl sites for hydroxylation is 1. The highest BCUT2D eigenvalue weighted by Gasteiger charge is 2.22. The predicted octanol–water partition coefficient (Wildman–Crippen LogP) is 2.39. The fourth-order valence-electron chi connectivity index (χ4n) is 1.90. The number of esters is 1. The standard InChI is InChI=1S/C17H25NO4/c1-11-7-8-13(9-14(11)21-6)10-15(19)22-12(2)16(20)18-17(3,4)5/h7-9,12H,10H2,1-6H3,(H,18,20)/t12-/m1/s1. The number of methoxy groups -OCH3 is 1. The third-order valence-electron chi connectivity index (χ3n) is 3.00. The molecule has 122 valence electrons. The molecule has 0 spiro atoms. The molecule has 0 radical (unpaired) electrons. The first-order valence-corrected chi connectivity index (χ1v) is 7.27. The Labute approximate surface area is 132 Å². The zero-order chi connectivity index (χ0) is 16.9. The van der Waals surface area contributed by atoms with E-state index in [0.717, 1.165) is 16.9 Å². The summed E-state index contributed by atoms with van der Waals surface area (Å²) in [6.45, 7) is 9.11. The van der Waals surface area contributed by atoms with E-state index in [9.17, 15) is 9.59 Å². The van der Waals surface area contributed by atoms with Crippen LogP contribution >= 0.6 is 0 Å². The Morgan fingerprint density at radius 3 is 2.45 bits per heavy atom. The minimum Gasteiger partial charge on any atom is -0.496 e. The van der Waals surface area contributed by atoms with Gasteiger partial charge in [-0.15, -0.1) is 0 Å². The molecule has 1 N–H and O–H groups in total. The molecule has 0 aromatic heterocycles. The first-order chi connectivity index (χ1) is 10.1. The normalized spacial score (nSPS) is 12.5. The molecule has 1 amide bonds. The van der Waals surface area contributed by atoms with E-state index < -0.39 is 12.1 Å². The summed E-state index contributed by atoms with van der Waals surface area (Å²) in [7, 11) is 1.59. The molecule has 1 rings (SSSR count). The van der Waals surface area contributed by atoms with Gasteiger partial charge in [-0.3, -0.25) is 9.59 Å². The van der Waals surface area contributed by atoms with Crippen LogP contribution in [0.25, 0.3) is 0 Å². The molecule has 0 saturated carbocycles. The molecule has 1 aromatic carbocycles. The van der Waals surface area contributed by atoms with Gasteiger partial charge >= 0.3 is 5.97 Å². The average molecular weight is 307 g/mol. The Balaban J connectivity index is 2.61. The van der Waals surface area contributed by atoms with E-state index in [1.807, 2.05) is 39.8 Å². The minimum atomic E-state index is -0.820. The summed E-state index contributed by atoms with van der Waals surface area (Å²) >= 11 is 0. The van der Waals surface area contributed by atoms with Crippen molar-refractivity contribution in [1.29, 1.82) is 0 Å². The quantitative estimate of drug-likeness (QED) is 0.848. The van der Waals surface area contributed by atoms with Crippen LogP contribution in [0, 0.1) is 6.92 Å². The summed E-state index contributed by atoms with van der Waals surface area (Å²) in [5, 5.41) is 2.78. The molecule has 5 nitrogen and oxygen atoms in total. The van der Waals surface area contributed by atoms with Crippen LogP contribution in [0.5, 0.6) is 5.75 Å². The monoisotopic (exact) mass is 307 g/mol. The second-order valence-corrected chi connectivity index (χ2v) is 6.35. The van der Waals surface area contributed by atoms with Gasteiger partial charge in [0.1, 0.15) is 5.75 Å². The molecule has 0 bridgehead atoms. The van der Waals surface area contributed by atoms with Crippen molar-refractivity contribution in [3.05, 3.63) is 29.3 Å². The van der Waals surface area contributed by atoms with Crippen LogP contribution in [0.2, 0.25) is 0 Å². The van der Waals surface area contributed by atoms with Gasteiger partial charge in [-0.05, 0) is 51.8 Å². The number of amides is 1. The van der Waals surface area contributed by atoms with Crippen molar-refractivity contribution in [2.45, 2.75) is 52.7 Å². The third-order valence-corrected chi connectivity index (χ3v) is 3.00. The largest absolute Gasteiger partial charge is 0.496 e. The van der Waals surface area contributed by atoms with Crippen LogP contribution in [0.1, 0.15) is 38.8 Å². The van der Waals surface area contributed by atoms with Gasteiger partial charge in [0.15, 0.2) is 6.10 Å².